The van der Waals surface area contributed by atoms with Crippen LogP contribution in [0.1, 0.15) is 28.2 Å². The van der Waals surface area contributed by atoms with E-state index >= 15 is 0 Å². The summed E-state index contributed by atoms with van der Waals surface area (Å²) in [7, 11) is 1.64. The second kappa shape index (κ2) is 5.12. The van der Waals surface area contributed by atoms with Crippen LogP contribution in [0, 0.1) is 13.8 Å². The Morgan fingerprint density at radius 1 is 1.61 bits per heavy atom. The monoisotopic (exact) mass is 252 g/mol. The molecule has 2 N–H and O–H groups in total. The molecule has 0 aliphatic carbocycles. The van der Waals surface area contributed by atoms with Crippen molar-refractivity contribution >= 4 is 5.91 Å². The van der Waals surface area contributed by atoms with Gasteiger partial charge in [0.15, 0.2) is 0 Å². The highest BCUT2D eigenvalue weighted by Gasteiger charge is 2.36. The highest BCUT2D eigenvalue weighted by atomic mass is 16.5. The van der Waals surface area contributed by atoms with Crippen molar-refractivity contribution in [3.63, 3.8) is 0 Å². The number of H-pyrrole nitrogens is 1. The summed E-state index contributed by atoms with van der Waals surface area (Å²) >= 11 is 0. The molecular formula is C13H20N2O3. The van der Waals surface area contributed by atoms with Crippen LogP contribution in [0.5, 0.6) is 0 Å². The van der Waals surface area contributed by atoms with Crippen LogP contribution in [0.15, 0.2) is 6.07 Å². The number of likely N-dealkylation sites (tertiary alicyclic amines) is 1. The van der Waals surface area contributed by atoms with Gasteiger partial charge in [-0.3, -0.25) is 4.79 Å². The zero-order valence-electron chi connectivity index (χ0n) is 11.1. The Kier molecular flexibility index (Phi) is 3.73. The quantitative estimate of drug-likeness (QED) is 0.838. The van der Waals surface area contributed by atoms with Gasteiger partial charge in [0.2, 0.25) is 0 Å². The number of carbonyl (C=O) groups excluding carboxylic acids is 1. The van der Waals surface area contributed by atoms with Gasteiger partial charge in [-0.05, 0) is 31.9 Å². The summed E-state index contributed by atoms with van der Waals surface area (Å²) in [5, 5.41) is 9.36. The van der Waals surface area contributed by atoms with Gasteiger partial charge in [-0.1, -0.05) is 0 Å². The molecule has 1 aliphatic heterocycles. The van der Waals surface area contributed by atoms with E-state index in [1.54, 1.807) is 12.0 Å². The van der Waals surface area contributed by atoms with Crippen LogP contribution in [-0.4, -0.2) is 53.3 Å². The molecule has 0 radical (unpaired) electrons. The molecule has 1 saturated heterocycles. The number of nitrogens with one attached hydrogen (secondary N) is 1. The molecule has 2 heterocycles. The molecule has 0 aromatic carbocycles. The van der Waals surface area contributed by atoms with Gasteiger partial charge in [0, 0.05) is 19.3 Å². The number of aliphatic hydroxyl groups excluding tert-OH is 1. The summed E-state index contributed by atoms with van der Waals surface area (Å²) in [6.45, 7) is 4.35. The van der Waals surface area contributed by atoms with Gasteiger partial charge in [-0.15, -0.1) is 0 Å². The third kappa shape index (κ3) is 2.28. The zero-order chi connectivity index (χ0) is 13.3. The number of aromatic amines is 1. The first-order valence-corrected chi connectivity index (χ1v) is 6.17. The molecule has 0 spiro atoms. The maximum absolute atomic E-state index is 12.4. The molecule has 0 saturated carbocycles. The fourth-order valence-corrected chi connectivity index (χ4v) is 2.56. The Balaban J connectivity index is 2.20. The van der Waals surface area contributed by atoms with Crippen LogP contribution < -0.4 is 0 Å². The van der Waals surface area contributed by atoms with Gasteiger partial charge in [0.1, 0.15) is 5.69 Å². The van der Waals surface area contributed by atoms with E-state index in [0.717, 1.165) is 11.3 Å². The van der Waals surface area contributed by atoms with Gasteiger partial charge in [0.25, 0.3) is 5.91 Å². The largest absolute Gasteiger partial charge is 0.394 e. The van der Waals surface area contributed by atoms with Crippen LogP contribution in [0.2, 0.25) is 0 Å². The standard InChI is InChI=1S/C13H20N2O3/c1-8-4-9(2)14-12(8)13(17)15-6-11(18-3)5-10(15)7-16/h4,10-11,14,16H,5-7H2,1-3H3/t10-,11+/m0/s1. The first kappa shape index (κ1) is 13.1. The molecule has 1 aliphatic rings. The van der Waals surface area contributed by atoms with Crippen molar-refractivity contribution in [2.75, 3.05) is 20.3 Å². The SMILES string of the molecule is CO[C@@H]1C[C@@H](CO)N(C(=O)c2[nH]c(C)cc2C)C1. The zero-order valence-corrected chi connectivity index (χ0v) is 11.1. The molecule has 0 unspecified atom stereocenters. The molecule has 18 heavy (non-hydrogen) atoms. The topological polar surface area (TPSA) is 65.6 Å². The number of aryl methyl sites for hydroxylation is 2. The van der Waals surface area contributed by atoms with Crippen LogP contribution in [0.3, 0.4) is 0 Å². The number of carbonyl (C=O) groups is 1. The Labute approximate surface area is 107 Å². The fraction of sp³-hybridized carbons (Fsp3) is 0.615. The fourth-order valence-electron chi connectivity index (χ4n) is 2.56. The summed E-state index contributed by atoms with van der Waals surface area (Å²) in [5.74, 6) is -0.0563. The lowest BCUT2D eigenvalue weighted by Gasteiger charge is -2.22. The highest BCUT2D eigenvalue weighted by Crippen LogP contribution is 2.23. The normalized spacial score (nSPS) is 23.7. The number of rotatable bonds is 3. The molecule has 2 rings (SSSR count). The number of nitrogens with zero attached hydrogens (tertiary/aromatic N) is 1. The van der Waals surface area contributed by atoms with E-state index < -0.39 is 0 Å². The Hall–Kier alpha value is -1.33. The number of ether oxygens (including phenoxy) is 1. The molecule has 100 valence electrons. The van der Waals surface area contributed by atoms with E-state index in [2.05, 4.69) is 4.98 Å². The lowest BCUT2D eigenvalue weighted by atomic mass is 10.2. The summed E-state index contributed by atoms with van der Waals surface area (Å²) in [4.78, 5) is 17.2. The predicted octanol–water partition coefficient (Wildman–Crippen LogP) is 0.853. The Morgan fingerprint density at radius 3 is 2.83 bits per heavy atom. The molecule has 1 amide bonds. The second-order valence-corrected chi connectivity index (χ2v) is 4.90. The maximum Gasteiger partial charge on any atom is 0.270 e. The summed E-state index contributed by atoms with van der Waals surface area (Å²) in [6, 6.07) is 1.80. The minimum absolute atomic E-state index is 0.0162. The average molecular weight is 252 g/mol. The van der Waals surface area contributed by atoms with Crippen LogP contribution in [0.25, 0.3) is 0 Å². The lowest BCUT2D eigenvalue weighted by Crippen LogP contribution is -2.38. The molecule has 5 heteroatoms. The third-order valence-corrected chi connectivity index (χ3v) is 3.54. The average Bonchev–Trinajstić information content (AvgIpc) is 2.91. The number of methoxy groups -OCH3 is 1. The molecule has 5 nitrogen and oxygen atoms in total. The second-order valence-electron chi connectivity index (χ2n) is 4.90. The highest BCUT2D eigenvalue weighted by molar-refractivity contribution is 5.94. The van der Waals surface area contributed by atoms with Gasteiger partial charge >= 0.3 is 0 Å². The minimum Gasteiger partial charge on any atom is -0.394 e. The van der Waals surface area contributed by atoms with Crippen molar-refractivity contribution in [3.8, 4) is 0 Å². The van der Waals surface area contributed by atoms with Gasteiger partial charge in [-0.25, -0.2) is 0 Å². The van der Waals surface area contributed by atoms with Gasteiger partial charge in [-0.2, -0.15) is 0 Å². The predicted molar refractivity (Wildman–Crippen MR) is 67.6 cm³/mol. The summed E-state index contributed by atoms with van der Waals surface area (Å²) < 4.78 is 5.28. The van der Waals surface area contributed by atoms with E-state index in [0.29, 0.717) is 18.7 Å². The van der Waals surface area contributed by atoms with E-state index in [1.165, 1.54) is 0 Å². The molecular weight excluding hydrogens is 232 g/mol. The van der Waals surface area contributed by atoms with Gasteiger partial charge in [0.05, 0.1) is 18.8 Å². The number of hydrogen-bond donors (Lipinski definition) is 2. The van der Waals surface area contributed by atoms with Crippen molar-refractivity contribution in [3.05, 3.63) is 23.0 Å². The molecule has 1 fully saturated rings. The number of amides is 1. The first-order chi connectivity index (χ1) is 8.56. The van der Waals surface area contributed by atoms with E-state index in [9.17, 15) is 9.90 Å². The first-order valence-electron chi connectivity index (χ1n) is 6.17. The molecule has 1 aromatic rings. The maximum atomic E-state index is 12.4. The molecule has 0 bridgehead atoms. The Bertz CT molecular complexity index is 441. The van der Waals surface area contributed by atoms with E-state index in [-0.39, 0.29) is 24.7 Å². The number of hydrogen-bond acceptors (Lipinski definition) is 3. The van der Waals surface area contributed by atoms with Crippen molar-refractivity contribution < 1.29 is 14.6 Å². The summed E-state index contributed by atoms with van der Waals surface area (Å²) in [5.41, 5.74) is 2.52. The van der Waals surface area contributed by atoms with E-state index in [4.69, 9.17) is 4.74 Å². The Morgan fingerprint density at radius 2 is 2.33 bits per heavy atom. The van der Waals surface area contributed by atoms with E-state index in [1.807, 2.05) is 19.9 Å². The van der Waals surface area contributed by atoms with Crippen LogP contribution in [-0.2, 0) is 4.74 Å². The van der Waals surface area contributed by atoms with Crippen molar-refractivity contribution in [2.24, 2.45) is 0 Å². The van der Waals surface area contributed by atoms with Crippen molar-refractivity contribution in [1.82, 2.24) is 9.88 Å². The molecule has 2 atom stereocenters. The van der Waals surface area contributed by atoms with Crippen LogP contribution in [0.4, 0.5) is 0 Å². The lowest BCUT2D eigenvalue weighted by molar-refractivity contribution is 0.0642. The van der Waals surface area contributed by atoms with Gasteiger partial charge < -0.3 is 19.7 Å². The molecule has 1 aromatic heterocycles. The van der Waals surface area contributed by atoms with Crippen molar-refractivity contribution in [1.29, 1.82) is 0 Å². The minimum atomic E-state index is -0.148. The number of aliphatic hydroxyl groups is 1. The third-order valence-electron chi connectivity index (χ3n) is 3.54. The summed E-state index contributed by atoms with van der Waals surface area (Å²) in [6.07, 6.45) is 0.708. The number of aromatic nitrogens is 1. The van der Waals surface area contributed by atoms with Crippen molar-refractivity contribution in [2.45, 2.75) is 32.4 Å². The smallest absolute Gasteiger partial charge is 0.270 e. The van der Waals surface area contributed by atoms with Crippen LogP contribution >= 0.6 is 0 Å².